The van der Waals surface area contributed by atoms with E-state index in [1.54, 1.807) is 12.1 Å². The normalized spacial score (nSPS) is 12.2. The molecular formula is C24H29NO6. The molecule has 0 saturated heterocycles. The predicted octanol–water partition coefficient (Wildman–Crippen LogP) is 4.08. The van der Waals surface area contributed by atoms with E-state index in [9.17, 15) is 4.79 Å². The fraction of sp³-hybridized carbons (Fsp3) is 0.417. The zero-order valence-electron chi connectivity index (χ0n) is 18.0. The molecule has 2 heterocycles. The van der Waals surface area contributed by atoms with Gasteiger partial charge in [-0.1, -0.05) is 37.3 Å². The second-order valence-electron chi connectivity index (χ2n) is 7.04. The van der Waals surface area contributed by atoms with E-state index < -0.39 is 5.63 Å². The molecule has 3 aromatic rings. The largest absolute Gasteiger partial charge is 0.475 e. The van der Waals surface area contributed by atoms with Gasteiger partial charge in [0.2, 0.25) is 5.88 Å². The van der Waals surface area contributed by atoms with Crippen LogP contribution >= 0.6 is 0 Å². The number of aromatic nitrogens is 1. The number of ether oxygens (including phenoxy) is 4. The van der Waals surface area contributed by atoms with Gasteiger partial charge in [-0.25, -0.2) is 9.78 Å². The molecule has 0 bridgehead atoms. The van der Waals surface area contributed by atoms with Crippen molar-refractivity contribution in [2.75, 3.05) is 39.6 Å². The van der Waals surface area contributed by atoms with Crippen molar-refractivity contribution < 1.29 is 23.4 Å². The molecule has 0 spiro atoms. The van der Waals surface area contributed by atoms with E-state index in [0.29, 0.717) is 56.7 Å². The van der Waals surface area contributed by atoms with E-state index in [1.165, 1.54) is 6.20 Å². The van der Waals surface area contributed by atoms with Gasteiger partial charge >= 0.3 is 5.63 Å². The van der Waals surface area contributed by atoms with Crippen LogP contribution in [0, 0.1) is 0 Å². The fourth-order valence-electron chi connectivity index (χ4n) is 2.86. The summed E-state index contributed by atoms with van der Waals surface area (Å²) in [4.78, 5) is 16.4. The van der Waals surface area contributed by atoms with Gasteiger partial charge in [0.1, 0.15) is 6.61 Å². The molecule has 0 radical (unpaired) electrons. The number of hydrogen-bond acceptors (Lipinski definition) is 7. The highest BCUT2D eigenvalue weighted by atomic mass is 16.6. The lowest BCUT2D eigenvalue weighted by atomic mass is 10.1. The number of fused-ring (bicyclic) bond motifs is 1. The maximum absolute atomic E-state index is 12.3. The lowest BCUT2D eigenvalue weighted by molar-refractivity contribution is -0.00969. The van der Waals surface area contributed by atoms with Crippen LogP contribution in [0.5, 0.6) is 5.88 Å². The highest BCUT2D eigenvalue weighted by Crippen LogP contribution is 2.22. The van der Waals surface area contributed by atoms with Gasteiger partial charge in [-0.05, 0) is 25.0 Å². The average molecular weight is 427 g/mol. The maximum atomic E-state index is 12.3. The zero-order valence-corrected chi connectivity index (χ0v) is 18.0. The molecule has 7 nitrogen and oxygen atoms in total. The van der Waals surface area contributed by atoms with Gasteiger partial charge in [0.05, 0.1) is 50.9 Å². The standard InChI is InChI=1S/C24H29NO6/c1-3-18(2)29-13-11-27-9-10-28-12-14-30-23-16-20-15-21(19-7-5-4-6-8-19)24(26)31-22(20)17-25-23/h4-8,15-18H,3,9-14H2,1-2H3. The first-order chi connectivity index (χ1) is 15.2. The quantitative estimate of drug-likeness (QED) is 0.380. The van der Waals surface area contributed by atoms with E-state index in [0.717, 1.165) is 17.4 Å². The Balaban J connectivity index is 1.42. The van der Waals surface area contributed by atoms with E-state index in [4.69, 9.17) is 23.4 Å². The monoisotopic (exact) mass is 427 g/mol. The first kappa shape index (κ1) is 22.9. The van der Waals surface area contributed by atoms with Crippen LogP contribution in [0.2, 0.25) is 0 Å². The minimum atomic E-state index is -0.392. The van der Waals surface area contributed by atoms with Crippen molar-refractivity contribution in [3.8, 4) is 17.0 Å². The van der Waals surface area contributed by atoms with E-state index >= 15 is 0 Å². The Hall–Kier alpha value is -2.74. The number of rotatable bonds is 13. The SMILES string of the molecule is CCC(C)OCCOCCOCCOc1cc2cc(-c3ccccc3)c(=O)oc2cn1. The van der Waals surface area contributed by atoms with Gasteiger partial charge in [0, 0.05) is 11.5 Å². The molecule has 0 aliphatic rings. The molecule has 1 unspecified atom stereocenters. The summed E-state index contributed by atoms with van der Waals surface area (Å²) >= 11 is 0. The lowest BCUT2D eigenvalue weighted by Gasteiger charge is -2.11. The van der Waals surface area contributed by atoms with Crippen molar-refractivity contribution in [2.45, 2.75) is 26.4 Å². The van der Waals surface area contributed by atoms with E-state index in [1.807, 2.05) is 37.3 Å². The number of hydrogen-bond donors (Lipinski definition) is 0. The van der Waals surface area contributed by atoms with Crippen LogP contribution < -0.4 is 10.4 Å². The van der Waals surface area contributed by atoms with Crippen LogP contribution in [-0.2, 0) is 14.2 Å². The number of nitrogens with zero attached hydrogens (tertiary/aromatic N) is 1. The second-order valence-corrected chi connectivity index (χ2v) is 7.04. The molecule has 0 aliphatic carbocycles. The molecular weight excluding hydrogens is 398 g/mol. The summed E-state index contributed by atoms with van der Waals surface area (Å²) in [7, 11) is 0. The fourth-order valence-corrected chi connectivity index (χ4v) is 2.86. The number of benzene rings is 1. The molecule has 3 rings (SSSR count). The molecule has 0 fully saturated rings. The van der Waals surface area contributed by atoms with Crippen molar-refractivity contribution in [1.29, 1.82) is 0 Å². The van der Waals surface area contributed by atoms with Crippen molar-refractivity contribution in [3.63, 3.8) is 0 Å². The first-order valence-electron chi connectivity index (χ1n) is 10.6. The van der Waals surface area contributed by atoms with Crippen molar-refractivity contribution in [2.24, 2.45) is 0 Å². The van der Waals surface area contributed by atoms with Crippen molar-refractivity contribution in [3.05, 3.63) is 59.1 Å². The van der Waals surface area contributed by atoms with Gasteiger partial charge in [-0.2, -0.15) is 0 Å². The average Bonchev–Trinajstić information content (AvgIpc) is 2.80. The third kappa shape index (κ3) is 7.17. The molecule has 7 heteroatoms. The third-order valence-electron chi connectivity index (χ3n) is 4.73. The Labute approximate surface area is 181 Å². The van der Waals surface area contributed by atoms with Crippen LogP contribution in [0.15, 0.2) is 57.9 Å². The van der Waals surface area contributed by atoms with Crippen LogP contribution in [0.3, 0.4) is 0 Å². The maximum Gasteiger partial charge on any atom is 0.344 e. The summed E-state index contributed by atoms with van der Waals surface area (Å²) < 4.78 is 27.6. The third-order valence-corrected chi connectivity index (χ3v) is 4.73. The van der Waals surface area contributed by atoms with Crippen LogP contribution in [0.4, 0.5) is 0 Å². The minimum Gasteiger partial charge on any atom is -0.475 e. The summed E-state index contributed by atoms with van der Waals surface area (Å²) in [6.07, 6.45) is 2.76. The lowest BCUT2D eigenvalue weighted by Crippen LogP contribution is -2.15. The van der Waals surface area contributed by atoms with Crippen molar-refractivity contribution in [1.82, 2.24) is 4.98 Å². The van der Waals surface area contributed by atoms with Gasteiger partial charge in [-0.3, -0.25) is 0 Å². The molecule has 166 valence electrons. The summed E-state index contributed by atoms with van der Waals surface area (Å²) in [5.41, 5.74) is 1.33. The molecule has 31 heavy (non-hydrogen) atoms. The molecule has 0 aliphatic heterocycles. The smallest absolute Gasteiger partial charge is 0.344 e. The molecule has 2 aromatic heterocycles. The van der Waals surface area contributed by atoms with Gasteiger partial charge < -0.3 is 23.4 Å². The highest BCUT2D eigenvalue weighted by molar-refractivity contribution is 5.81. The Morgan fingerprint density at radius 2 is 1.68 bits per heavy atom. The molecule has 0 saturated carbocycles. The van der Waals surface area contributed by atoms with Gasteiger partial charge in [-0.15, -0.1) is 0 Å². The topological polar surface area (TPSA) is 80.0 Å². The highest BCUT2D eigenvalue weighted by Gasteiger charge is 2.09. The van der Waals surface area contributed by atoms with E-state index in [2.05, 4.69) is 11.9 Å². The zero-order chi connectivity index (χ0) is 21.9. The van der Waals surface area contributed by atoms with E-state index in [-0.39, 0.29) is 6.10 Å². The Morgan fingerprint density at radius 1 is 0.968 bits per heavy atom. The minimum absolute atomic E-state index is 0.265. The Kier molecular flexibility index (Phi) is 9.02. The number of pyridine rings is 1. The molecule has 0 amide bonds. The second kappa shape index (κ2) is 12.2. The van der Waals surface area contributed by atoms with Crippen LogP contribution in [0.1, 0.15) is 20.3 Å². The summed E-state index contributed by atoms with van der Waals surface area (Å²) in [6, 6.07) is 13.0. The van der Waals surface area contributed by atoms with Crippen LogP contribution in [-0.4, -0.2) is 50.7 Å². The first-order valence-corrected chi connectivity index (χ1v) is 10.6. The Morgan fingerprint density at radius 3 is 2.42 bits per heavy atom. The molecule has 0 N–H and O–H groups in total. The van der Waals surface area contributed by atoms with Crippen LogP contribution in [0.25, 0.3) is 22.1 Å². The molecule has 1 aromatic carbocycles. The molecule has 1 atom stereocenters. The summed E-state index contributed by atoms with van der Waals surface area (Å²) in [6.45, 7) is 7.08. The van der Waals surface area contributed by atoms with Crippen molar-refractivity contribution >= 4 is 11.0 Å². The van der Waals surface area contributed by atoms with Gasteiger partial charge in [0.25, 0.3) is 0 Å². The summed E-state index contributed by atoms with van der Waals surface area (Å²) in [5.74, 6) is 0.447. The Bertz CT molecular complexity index is 988. The summed E-state index contributed by atoms with van der Waals surface area (Å²) in [5, 5.41) is 0.748. The predicted molar refractivity (Wildman–Crippen MR) is 119 cm³/mol. The van der Waals surface area contributed by atoms with Gasteiger partial charge in [0.15, 0.2) is 5.58 Å².